The van der Waals surface area contributed by atoms with Crippen LogP contribution >= 0.6 is 0 Å². The summed E-state index contributed by atoms with van der Waals surface area (Å²) in [5.74, 6) is -0.223. The number of nitrogens with zero attached hydrogens (tertiary/aromatic N) is 3. The lowest BCUT2D eigenvalue weighted by molar-refractivity contribution is -0.120. The van der Waals surface area contributed by atoms with E-state index in [-0.39, 0.29) is 18.4 Å². The molecule has 0 radical (unpaired) electrons. The highest BCUT2D eigenvalue weighted by Crippen LogP contribution is 2.31. The number of carbonyl (C=O) groups is 2. The van der Waals surface area contributed by atoms with Gasteiger partial charge in [-0.25, -0.2) is 0 Å². The highest BCUT2D eigenvalue weighted by atomic mass is 16.2. The molecule has 1 aromatic heterocycles. The molecule has 5 nitrogen and oxygen atoms in total. The van der Waals surface area contributed by atoms with Crippen molar-refractivity contribution in [2.45, 2.75) is 6.92 Å². The number of carbonyl (C=O) groups excluding carboxylic acids is 2. The average molecular weight is 371 g/mol. The van der Waals surface area contributed by atoms with E-state index in [1.165, 1.54) is 0 Å². The SMILES string of the molecule is Cc1ccncc1C(=O)N1CCN(c2ccccc2-c2ccccc2)C(=O)C1. The van der Waals surface area contributed by atoms with E-state index < -0.39 is 0 Å². The Morgan fingerprint density at radius 3 is 2.46 bits per heavy atom. The van der Waals surface area contributed by atoms with E-state index in [1.54, 1.807) is 28.3 Å². The van der Waals surface area contributed by atoms with Crippen molar-refractivity contribution in [3.8, 4) is 11.1 Å². The minimum absolute atomic E-state index is 0.0658. The van der Waals surface area contributed by atoms with Crippen molar-refractivity contribution in [3.63, 3.8) is 0 Å². The van der Waals surface area contributed by atoms with E-state index in [2.05, 4.69) is 4.98 Å². The Kier molecular flexibility index (Phi) is 4.89. The van der Waals surface area contributed by atoms with Gasteiger partial charge in [0.15, 0.2) is 0 Å². The third-order valence-electron chi connectivity index (χ3n) is 5.06. The third-order valence-corrected chi connectivity index (χ3v) is 5.06. The van der Waals surface area contributed by atoms with Crippen molar-refractivity contribution < 1.29 is 9.59 Å². The quantitative estimate of drug-likeness (QED) is 0.708. The number of anilines is 1. The fraction of sp³-hybridized carbons (Fsp3) is 0.174. The maximum absolute atomic E-state index is 12.9. The molecule has 1 aliphatic heterocycles. The van der Waals surface area contributed by atoms with Gasteiger partial charge in [-0.15, -0.1) is 0 Å². The number of pyridine rings is 1. The highest BCUT2D eigenvalue weighted by molar-refractivity contribution is 6.03. The van der Waals surface area contributed by atoms with Crippen LogP contribution in [-0.2, 0) is 4.79 Å². The molecule has 0 N–H and O–H groups in total. The molecule has 1 aliphatic rings. The first-order valence-corrected chi connectivity index (χ1v) is 9.30. The summed E-state index contributed by atoms with van der Waals surface area (Å²) < 4.78 is 0. The van der Waals surface area contributed by atoms with Crippen molar-refractivity contribution in [2.75, 3.05) is 24.5 Å². The Balaban J connectivity index is 1.57. The molecule has 2 aromatic carbocycles. The predicted molar refractivity (Wildman–Crippen MR) is 109 cm³/mol. The molecule has 28 heavy (non-hydrogen) atoms. The summed E-state index contributed by atoms with van der Waals surface area (Å²) in [4.78, 5) is 33.2. The summed E-state index contributed by atoms with van der Waals surface area (Å²) in [7, 11) is 0. The lowest BCUT2D eigenvalue weighted by atomic mass is 10.0. The lowest BCUT2D eigenvalue weighted by Crippen LogP contribution is -2.52. The molecule has 140 valence electrons. The monoisotopic (exact) mass is 371 g/mol. The number of aromatic nitrogens is 1. The smallest absolute Gasteiger partial charge is 0.256 e. The maximum Gasteiger partial charge on any atom is 0.256 e. The number of amides is 2. The molecule has 1 saturated heterocycles. The average Bonchev–Trinajstić information content (AvgIpc) is 2.74. The van der Waals surface area contributed by atoms with E-state index in [0.29, 0.717) is 18.7 Å². The van der Waals surface area contributed by atoms with Crippen LogP contribution in [0, 0.1) is 6.92 Å². The zero-order chi connectivity index (χ0) is 19.5. The Morgan fingerprint density at radius 1 is 0.964 bits per heavy atom. The minimum Gasteiger partial charge on any atom is -0.327 e. The molecule has 2 amide bonds. The van der Waals surface area contributed by atoms with Crippen LogP contribution < -0.4 is 4.90 Å². The topological polar surface area (TPSA) is 53.5 Å². The molecule has 3 aromatic rings. The van der Waals surface area contributed by atoms with Crippen molar-refractivity contribution in [1.29, 1.82) is 0 Å². The summed E-state index contributed by atoms with van der Waals surface area (Å²) in [5.41, 5.74) is 4.37. The van der Waals surface area contributed by atoms with Gasteiger partial charge in [-0.2, -0.15) is 0 Å². The van der Waals surface area contributed by atoms with E-state index in [0.717, 1.165) is 22.4 Å². The van der Waals surface area contributed by atoms with Gasteiger partial charge in [0.1, 0.15) is 6.54 Å². The highest BCUT2D eigenvalue weighted by Gasteiger charge is 2.30. The fourth-order valence-corrected chi connectivity index (χ4v) is 3.53. The third kappa shape index (κ3) is 3.39. The Labute approximate surface area is 164 Å². The first-order chi connectivity index (χ1) is 13.6. The number of hydrogen-bond acceptors (Lipinski definition) is 3. The molecular weight excluding hydrogens is 350 g/mol. The second-order valence-electron chi connectivity index (χ2n) is 6.85. The van der Waals surface area contributed by atoms with Gasteiger partial charge in [0.05, 0.1) is 11.3 Å². The number of piperazine rings is 1. The van der Waals surface area contributed by atoms with Crippen LogP contribution in [0.5, 0.6) is 0 Å². The molecule has 0 unspecified atom stereocenters. The van der Waals surface area contributed by atoms with Crippen molar-refractivity contribution in [2.24, 2.45) is 0 Å². The molecular formula is C23H21N3O2. The van der Waals surface area contributed by atoms with Crippen LogP contribution in [0.3, 0.4) is 0 Å². The number of aryl methyl sites for hydroxylation is 1. The summed E-state index contributed by atoms with van der Waals surface area (Å²) in [5, 5.41) is 0. The van der Waals surface area contributed by atoms with Gasteiger partial charge in [0, 0.05) is 31.0 Å². The van der Waals surface area contributed by atoms with Gasteiger partial charge in [0.2, 0.25) is 5.91 Å². The number of rotatable bonds is 3. The Hall–Kier alpha value is -3.47. The molecule has 5 heteroatoms. The van der Waals surface area contributed by atoms with Crippen LogP contribution in [0.1, 0.15) is 15.9 Å². The second kappa shape index (κ2) is 7.64. The minimum atomic E-state index is -0.144. The molecule has 0 bridgehead atoms. The summed E-state index contributed by atoms with van der Waals surface area (Å²) in [6.45, 7) is 2.90. The Bertz CT molecular complexity index is 1020. The van der Waals surface area contributed by atoms with Crippen molar-refractivity contribution >= 4 is 17.5 Å². The number of para-hydroxylation sites is 1. The lowest BCUT2D eigenvalue weighted by Gasteiger charge is -2.35. The second-order valence-corrected chi connectivity index (χ2v) is 6.85. The van der Waals surface area contributed by atoms with Crippen LogP contribution in [0.25, 0.3) is 11.1 Å². The molecule has 4 rings (SSSR count). The first kappa shape index (κ1) is 17.9. The van der Waals surface area contributed by atoms with Gasteiger partial charge in [-0.05, 0) is 30.2 Å². The van der Waals surface area contributed by atoms with Gasteiger partial charge in [-0.1, -0.05) is 48.5 Å². The van der Waals surface area contributed by atoms with E-state index in [4.69, 9.17) is 0 Å². The van der Waals surface area contributed by atoms with E-state index >= 15 is 0 Å². The molecule has 0 aliphatic carbocycles. The van der Waals surface area contributed by atoms with Crippen molar-refractivity contribution in [3.05, 3.63) is 84.2 Å². The predicted octanol–water partition coefficient (Wildman–Crippen LogP) is 3.55. The molecule has 1 fully saturated rings. The number of benzene rings is 2. The van der Waals surface area contributed by atoms with Gasteiger partial charge >= 0.3 is 0 Å². The normalized spacial score (nSPS) is 14.2. The molecule has 0 saturated carbocycles. The zero-order valence-electron chi connectivity index (χ0n) is 15.7. The summed E-state index contributed by atoms with van der Waals surface area (Å²) >= 11 is 0. The van der Waals surface area contributed by atoms with Crippen LogP contribution in [-0.4, -0.2) is 41.3 Å². The molecule has 0 atom stereocenters. The van der Waals surface area contributed by atoms with Gasteiger partial charge in [0.25, 0.3) is 5.91 Å². The van der Waals surface area contributed by atoms with E-state index in [1.807, 2.05) is 61.5 Å². The number of hydrogen-bond donors (Lipinski definition) is 0. The molecule has 2 heterocycles. The van der Waals surface area contributed by atoms with Crippen LogP contribution in [0.15, 0.2) is 73.1 Å². The van der Waals surface area contributed by atoms with Gasteiger partial charge in [-0.3, -0.25) is 14.6 Å². The standard InChI is InChI=1S/C23H21N3O2/c1-17-11-12-24-15-20(17)23(28)25-13-14-26(22(27)16-25)21-10-6-5-9-19(21)18-7-3-2-4-8-18/h2-12,15H,13-14,16H2,1H3. The fourth-order valence-electron chi connectivity index (χ4n) is 3.53. The first-order valence-electron chi connectivity index (χ1n) is 9.30. The molecule has 0 spiro atoms. The maximum atomic E-state index is 12.9. The largest absolute Gasteiger partial charge is 0.327 e. The zero-order valence-corrected chi connectivity index (χ0v) is 15.7. The van der Waals surface area contributed by atoms with Gasteiger partial charge < -0.3 is 9.80 Å². The van der Waals surface area contributed by atoms with Crippen molar-refractivity contribution in [1.82, 2.24) is 9.88 Å². The summed E-state index contributed by atoms with van der Waals surface area (Å²) in [6.07, 6.45) is 3.23. The van der Waals surface area contributed by atoms with Crippen LogP contribution in [0.2, 0.25) is 0 Å². The van der Waals surface area contributed by atoms with E-state index in [9.17, 15) is 9.59 Å². The Morgan fingerprint density at radius 2 is 1.71 bits per heavy atom. The summed E-state index contributed by atoms with van der Waals surface area (Å²) in [6, 6.07) is 19.7. The van der Waals surface area contributed by atoms with Crippen LogP contribution in [0.4, 0.5) is 5.69 Å².